The molecule has 0 aliphatic heterocycles. The van der Waals surface area contributed by atoms with Crippen molar-refractivity contribution in [2.75, 3.05) is 5.75 Å². The average Bonchev–Trinajstić information content (AvgIpc) is 2.27. The molecule has 0 saturated carbocycles. The van der Waals surface area contributed by atoms with Gasteiger partial charge in [-0.15, -0.1) is 0 Å². The van der Waals surface area contributed by atoms with Crippen LogP contribution < -0.4 is 0 Å². The lowest BCUT2D eigenvalue weighted by Crippen LogP contribution is -2.05. The molecule has 0 bridgehead atoms. The maximum atomic E-state index is 11.8. The van der Waals surface area contributed by atoms with E-state index in [1.165, 1.54) is 0 Å². The molecule has 0 saturated heterocycles. The van der Waals surface area contributed by atoms with E-state index in [0.29, 0.717) is 17.2 Å². The third kappa shape index (κ3) is 4.16. The summed E-state index contributed by atoms with van der Waals surface area (Å²) >= 11 is 0. The highest BCUT2D eigenvalue weighted by Crippen LogP contribution is 2.11. The summed E-state index contributed by atoms with van der Waals surface area (Å²) in [6.07, 6.45) is 0.974. The van der Waals surface area contributed by atoms with Crippen molar-refractivity contribution in [1.29, 1.82) is 5.26 Å². The highest BCUT2D eigenvalue weighted by molar-refractivity contribution is 7.84. The predicted molar refractivity (Wildman–Crippen MR) is 67.3 cm³/mol. The van der Waals surface area contributed by atoms with Crippen LogP contribution >= 0.6 is 0 Å². The fourth-order valence-electron chi connectivity index (χ4n) is 1.37. The summed E-state index contributed by atoms with van der Waals surface area (Å²) in [5.74, 6) is 1.80. The van der Waals surface area contributed by atoms with Gasteiger partial charge in [0.05, 0.1) is 11.6 Å². The van der Waals surface area contributed by atoms with E-state index in [-0.39, 0.29) is 0 Å². The van der Waals surface area contributed by atoms with Crippen molar-refractivity contribution >= 4 is 10.8 Å². The Labute approximate surface area is 99.8 Å². The molecule has 1 aromatic rings. The predicted octanol–water partition coefficient (Wildman–Crippen LogP) is 2.85. The molecule has 0 spiro atoms. The van der Waals surface area contributed by atoms with Gasteiger partial charge in [0.1, 0.15) is 0 Å². The van der Waals surface area contributed by atoms with Gasteiger partial charge in [-0.2, -0.15) is 5.26 Å². The van der Waals surface area contributed by atoms with Crippen molar-refractivity contribution in [3.63, 3.8) is 0 Å². The molecule has 1 atom stereocenters. The van der Waals surface area contributed by atoms with Gasteiger partial charge in [0.2, 0.25) is 0 Å². The second-order valence-electron chi connectivity index (χ2n) is 4.24. The maximum absolute atomic E-state index is 11.8. The molecule has 2 nitrogen and oxygen atoms in total. The summed E-state index contributed by atoms with van der Waals surface area (Å²) in [4.78, 5) is 0. The molecule has 0 aromatic heterocycles. The van der Waals surface area contributed by atoms with E-state index in [1.54, 1.807) is 6.07 Å². The molecular weight excluding hydrogens is 218 g/mol. The largest absolute Gasteiger partial charge is 0.259 e. The normalized spacial score (nSPS) is 12.4. The molecule has 16 heavy (non-hydrogen) atoms. The Hall–Kier alpha value is -1.14. The van der Waals surface area contributed by atoms with Crippen LogP contribution in [0.25, 0.3) is 0 Å². The van der Waals surface area contributed by atoms with Crippen molar-refractivity contribution in [3.8, 4) is 6.07 Å². The lowest BCUT2D eigenvalue weighted by Gasteiger charge is -2.06. The summed E-state index contributed by atoms with van der Waals surface area (Å²) in [5.41, 5.74) is 1.53. The lowest BCUT2D eigenvalue weighted by molar-refractivity contribution is 0.619. The number of hydrogen-bond donors (Lipinski definition) is 0. The number of rotatable bonds is 5. The van der Waals surface area contributed by atoms with Crippen LogP contribution in [0.3, 0.4) is 0 Å². The molecule has 0 aliphatic rings. The summed E-state index contributed by atoms with van der Waals surface area (Å²) in [5, 5.41) is 8.90. The van der Waals surface area contributed by atoms with E-state index in [2.05, 4.69) is 19.9 Å². The first-order chi connectivity index (χ1) is 7.63. The Morgan fingerprint density at radius 2 is 2.06 bits per heavy atom. The van der Waals surface area contributed by atoms with Crippen LogP contribution in [0.4, 0.5) is 0 Å². The highest BCUT2D eigenvalue weighted by Gasteiger charge is 2.06. The van der Waals surface area contributed by atoms with Crippen molar-refractivity contribution in [2.45, 2.75) is 26.0 Å². The molecule has 0 radical (unpaired) electrons. The molecule has 1 rings (SSSR count). The number of hydrogen-bond acceptors (Lipinski definition) is 2. The van der Waals surface area contributed by atoms with Crippen LogP contribution in [0.5, 0.6) is 0 Å². The zero-order valence-electron chi connectivity index (χ0n) is 9.77. The van der Waals surface area contributed by atoms with Crippen LogP contribution in [0, 0.1) is 17.2 Å². The Morgan fingerprint density at radius 3 is 2.69 bits per heavy atom. The van der Waals surface area contributed by atoms with E-state index in [4.69, 9.17) is 5.26 Å². The molecule has 3 heteroatoms. The third-order valence-electron chi connectivity index (χ3n) is 2.38. The minimum Gasteiger partial charge on any atom is -0.259 e. The van der Waals surface area contributed by atoms with Crippen molar-refractivity contribution < 1.29 is 4.21 Å². The van der Waals surface area contributed by atoms with E-state index in [0.717, 1.165) is 17.7 Å². The van der Waals surface area contributed by atoms with Crippen LogP contribution in [0.15, 0.2) is 24.3 Å². The highest BCUT2D eigenvalue weighted by atomic mass is 32.2. The summed E-state index contributed by atoms with van der Waals surface area (Å²) in [6, 6.07) is 9.50. The van der Waals surface area contributed by atoms with Crippen molar-refractivity contribution in [3.05, 3.63) is 35.4 Å². The molecule has 0 N–H and O–H groups in total. The minimum atomic E-state index is -0.855. The number of benzene rings is 1. The fraction of sp³-hybridized carbons (Fsp3) is 0.462. The Morgan fingerprint density at radius 1 is 1.38 bits per heavy atom. The smallest absolute Gasteiger partial charge is 0.0994 e. The van der Waals surface area contributed by atoms with E-state index >= 15 is 0 Å². The van der Waals surface area contributed by atoms with E-state index < -0.39 is 10.8 Å². The number of nitrogens with zero attached hydrogens (tertiary/aromatic N) is 1. The van der Waals surface area contributed by atoms with Crippen molar-refractivity contribution in [1.82, 2.24) is 0 Å². The van der Waals surface area contributed by atoms with Crippen LogP contribution in [-0.4, -0.2) is 9.96 Å². The number of nitriles is 1. The first-order valence-electron chi connectivity index (χ1n) is 5.46. The molecule has 1 aromatic carbocycles. The lowest BCUT2D eigenvalue weighted by atomic mass is 10.1. The van der Waals surface area contributed by atoms with Gasteiger partial charge in [0.15, 0.2) is 0 Å². The summed E-state index contributed by atoms with van der Waals surface area (Å²) in [7, 11) is -0.855. The first-order valence-corrected chi connectivity index (χ1v) is 6.95. The molecule has 86 valence electrons. The van der Waals surface area contributed by atoms with Crippen molar-refractivity contribution in [2.24, 2.45) is 5.92 Å². The molecule has 0 heterocycles. The van der Waals surface area contributed by atoms with Crippen LogP contribution in [-0.2, 0) is 16.6 Å². The van der Waals surface area contributed by atoms with Gasteiger partial charge in [-0.25, -0.2) is 0 Å². The van der Waals surface area contributed by atoms with Crippen LogP contribution in [0.1, 0.15) is 31.4 Å². The quantitative estimate of drug-likeness (QED) is 0.787. The standard InChI is InChI=1S/C13H17NOS/c1-11(2)7-8-16(15)10-13-6-4-3-5-12(13)9-14/h3-6,11H,7-8,10H2,1-2H3. The summed E-state index contributed by atoms with van der Waals surface area (Å²) < 4.78 is 11.8. The molecule has 0 amide bonds. The third-order valence-corrected chi connectivity index (χ3v) is 3.70. The zero-order chi connectivity index (χ0) is 12.0. The minimum absolute atomic E-state index is 0.496. The Kier molecular flexibility index (Phi) is 5.21. The van der Waals surface area contributed by atoms with Gasteiger partial charge in [-0.05, 0) is 24.0 Å². The van der Waals surface area contributed by atoms with Gasteiger partial charge >= 0.3 is 0 Å². The fourth-order valence-corrected chi connectivity index (χ4v) is 2.85. The second kappa shape index (κ2) is 6.44. The summed E-state index contributed by atoms with van der Waals surface area (Å²) in [6.45, 7) is 4.25. The molecule has 0 aliphatic carbocycles. The monoisotopic (exact) mass is 235 g/mol. The SMILES string of the molecule is CC(C)CCS(=O)Cc1ccccc1C#N. The maximum Gasteiger partial charge on any atom is 0.0994 e. The Bertz CT molecular complexity index is 407. The topological polar surface area (TPSA) is 40.9 Å². The average molecular weight is 235 g/mol. The Balaban J connectivity index is 2.60. The van der Waals surface area contributed by atoms with Gasteiger partial charge in [0, 0.05) is 22.3 Å². The van der Waals surface area contributed by atoms with E-state index in [9.17, 15) is 4.21 Å². The van der Waals surface area contributed by atoms with Gasteiger partial charge in [0.25, 0.3) is 0 Å². The molecule has 1 unspecified atom stereocenters. The zero-order valence-corrected chi connectivity index (χ0v) is 10.6. The molecule has 0 fully saturated rings. The molecular formula is C13H17NOS. The second-order valence-corrected chi connectivity index (χ2v) is 5.82. The van der Waals surface area contributed by atoms with Crippen LogP contribution in [0.2, 0.25) is 0 Å². The van der Waals surface area contributed by atoms with Gasteiger partial charge in [-0.1, -0.05) is 32.0 Å². The van der Waals surface area contributed by atoms with Gasteiger partial charge < -0.3 is 0 Å². The van der Waals surface area contributed by atoms with Gasteiger partial charge in [-0.3, -0.25) is 4.21 Å². The van der Waals surface area contributed by atoms with E-state index in [1.807, 2.05) is 18.2 Å². The first kappa shape index (κ1) is 12.9.